The molecule has 29 heavy (non-hydrogen) atoms. The number of carbonyl (C=O) groups excluding carboxylic acids is 1. The van der Waals surface area contributed by atoms with Gasteiger partial charge in [0.15, 0.2) is 5.65 Å². The molecule has 0 saturated heterocycles. The molecule has 4 rings (SSSR count). The smallest absolute Gasteiger partial charge is 0.326 e. The van der Waals surface area contributed by atoms with Gasteiger partial charge in [-0.15, -0.1) is 0 Å². The highest BCUT2D eigenvalue weighted by Crippen LogP contribution is 2.30. The molecule has 0 aliphatic heterocycles. The third-order valence-electron chi connectivity index (χ3n) is 4.41. The van der Waals surface area contributed by atoms with E-state index < -0.39 is 11.7 Å². The molecule has 146 valence electrons. The molecule has 2 heterocycles. The van der Waals surface area contributed by atoms with Gasteiger partial charge in [0.25, 0.3) is 0 Å². The number of halogens is 3. The molecule has 0 aliphatic carbocycles. The molecular formula is C21H15F3N4O. The average Bonchev–Trinajstić information content (AvgIpc) is 3.16. The van der Waals surface area contributed by atoms with E-state index in [1.807, 2.05) is 42.6 Å². The summed E-state index contributed by atoms with van der Waals surface area (Å²) in [5.74, 6) is -0.387. The van der Waals surface area contributed by atoms with Crippen LogP contribution in [0.25, 0.3) is 16.8 Å². The minimum absolute atomic E-state index is 0.0553. The Bertz CT molecular complexity index is 1170. The first-order valence-electron chi connectivity index (χ1n) is 8.74. The van der Waals surface area contributed by atoms with Crippen molar-refractivity contribution in [2.75, 3.05) is 5.32 Å². The van der Waals surface area contributed by atoms with Crippen molar-refractivity contribution in [3.05, 3.63) is 84.3 Å². The fourth-order valence-electron chi connectivity index (χ4n) is 2.97. The van der Waals surface area contributed by atoms with Gasteiger partial charge < -0.3 is 5.32 Å². The molecule has 1 amide bonds. The first kappa shape index (κ1) is 18.7. The zero-order valence-corrected chi connectivity index (χ0v) is 15.0. The number of nitrogens with zero attached hydrogens (tertiary/aromatic N) is 3. The van der Waals surface area contributed by atoms with Crippen molar-refractivity contribution in [2.45, 2.75) is 12.6 Å². The molecule has 0 bridgehead atoms. The van der Waals surface area contributed by atoms with Gasteiger partial charge in [0.1, 0.15) is 6.33 Å². The summed E-state index contributed by atoms with van der Waals surface area (Å²) in [4.78, 5) is 16.4. The van der Waals surface area contributed by atoms with E-state index in [-0.39, 0.29) is 18.0 Å². The van der Waals surface area contributed by atoms with Gasteiger partial charge >= 0.3 is 6.18 Å². The van der Waals surface area contributed by atoms with Crippen LogP contribution in [0.1, 0.15) is 11.1 Å². The second-order valence-electron chi connectivity index (χ2n) is 6.48. The molecule has 0 unspecified atom stereocenters. The standard InChI is InChI=1S/C21H15F3N4O/c22-21(23,24)17-2-1-3-18(12-17)27-20(29)10-14-4-6-15(7-5-14)16-8-9-28-19(11-16)25-13-26-28/h1-9,11-13H,10H2,(H,27,29). The molecule has 0 aliphatic rings. The van der Waals surface area contributed by atoms with Crippen molar-refractivity contribution in [1.29, 1.82) is 0 Å². The SMILES string of the molecule is O=C(Cc1ccc(-c2ccn3ncnc3c2)cc1)Nc1cccc(C(F)(F)F)c1. The zero-order valence-electron chi connectivity index (χ0n) is 15.0. The molecule has 0 saturated carbocycles. The number of hydrogen-bond donors (Lipinski definition) is 1. The van der Waals surface area contributed by atoms with Gasteiger partial charge in [-0.2, -0.15) is 18.3 Å². The Morgan fingerprint density at radius 1 is 1.00 bits per heavy atom. The average molecular weight is 396 g/mol. The van der Waals surface area contributed by atoms with E-state index in [4.69, 9.17) is 0 Å². The number of carbonyl (C=O) groups is 1. The van der Waals surface area contributed by atoms with E-state index in [1.54, 1.807) is 4.52 Å². The van der Waals surface area contributed by atoms with Gasteiger partial charge in [-0.3, -0.25) is 4.79 Å². The molecule has 0 radical (unpaired) electrons. The highest BCUT2D eigenvalue weighted by molar-refractivity contribution is 5.92. The van der Waals surface area contributed by atoms with Crippen molar-refractivity contribution in [3.8, 4) is 11.1 Å². The number of benzene rings is 2. The Hall–Kier alpha value is -3.68. The third kappa shape index (κ3) is 4.26. The Morgan fingerprint density at radius 2 is 1.79 bits per heavy atom. The molecule has 0 atom stereocenters. The lowest BCUT2D eigenvalue weighted by atomic mass is 10.0. The summed E-state index contributed by atoms with van der Waals surface area (Å²) in [6.45, 7) is 0. The maximum Gasteiger partial charge on any atom is 0.416 e. The van der Waals surface area contributed by atoms with Crippen molar-refractivity contribution in [3.63, 3.8) is 0 Å². The topological polar surface area (TPSA) is 59.3 Å². The quantitative estimate of drug-likeness (QED) is 0.549. The van der Waals surface area contributed by atoms with Crippen LogP contribution in [0.2, 0.25) is 0 Å². The second-order valence-corrected chi connectivity index (χ2v) is 6.48. The zero-order chi connectivity index (χ0) is 20.4. The van der Waals surface area contributed by atoms with Crippen molar-refractivity contribution in [2.24, 2.45) is 0 Å². The van der Waals surface area contributed by atoms with E-state index in [0.717, 1.165) is 34.5 Å². The monoisotopic (exact) mass is 396 g/mol. The van der Waals surface area contributed by atoms with Gasteiger partial charge in [0.05, 0.1) is 12.0 Å². The van der Waals surface area contributed by atoms with Gasteiger partial charge in [0.2, 0.25) is 5.91 Å². The lowest BCUT2D eigenvalue weighted by Crippen LogP contribution is -2.15. The second kappa shape index (κ2) is 7.38. The molecule has 2 aromatic carbocycles. The Labute approximate surface area is 163 Å². The lowest BCUT2D eigenvalue weighted by Gasteiger charge is -2.10. The minimum Gasteiger partial charge on any atom is -0.326 e. The molecule has 1 N–H and O–H groups in total. The predicted octanol–water partition coefficient (Wildman–Crippen LogP) is 4.60. The maximum atomic E-state index is 12.8. The summed E-state index contributed by atoms with van der Waals surface area (Å²) in [7, 11) is 0. The van der Waals surface area contributed by atoms with E-state index in [0.29, 0.717) is 0 Å². The van der Waals surface area contributed by atoms with Crippen LogP contribution in [0.3, 0.4) is 0 Å². The van der Waals surface area contributed by atoms with Crippen LogP contribution in [-0.4, -0.2) is 20.5 Å². The number of alkyl halides is 3. The number of rotatable bonds is 4. The maximum absolute atomic E-state index is 12.8. The molecular weight excluding hydrogens is 381 g/mol. The fraction of sp³-hybridized carbons (Fsp3) is 0.0952. The van der Waals surface area contributed by atoms with Crippen LogP contribution >= 0.6 is 0 Å². The number of amides is 1. The van der Waals surface area contributed by atoms with Gasteiger partial charge in [-0.1, -0.05) is 30.3 Å². The van der Waals surface area contributed by atoms with Crippen molar-refractivity contribution >= 4 is 17.2 Å². The number of anilines is 1. The lowest BCUT2D eigenvalue weighted by molar-refractivity contribution is -0.137. The summed E-state index contributed by atoms with van der Waals surface area (Å²) in [6.07, 6.45) is -1.11. The van der Waals surface area contributed by atoms with Crippen LogP contribution in [0, 0.1) is 0 Å². The van der Waals surface area contributed by atoms with Crippen molar-refractivity contribution in [1.82, 2.24) is 14.6 Å². The predicted molar refractivity (Wildman–Crippen MR) is 102 cm³/mol. The van der Waals surface area contributed by atoms with Crippen LogP contribution in [0.15, 0.2) is 73.2 Å². The summed E-state index contributed by atoms with van der Waals surface area (Å²) in [6, 6.07) is 15.8. The van der Waals surface area contributed by atoms with Crippen LogP contribution in [0.4, 0.5) is 18.9 Å². The Morgan fingerprint density at radius 3 is 2.55 bits per heavy atom. The normalized spacial score (nSPS) is 11.6. The van der Waals surface area contributed by atoms with E-state index in [1.165, 1.54) is 18.5 Å². The summed E-state index contributed by atoms with van der Waals surface area (Å²) < 4.78 is 40.0. The minimum atomic E-state index is -4.45. The Balaban J connectivity index is 1.44. The number of nitrogens with one attached hydrogen (secondary N) is 1. The number of pyridine rings is 1. The van der Waals surface area contributed by atoms with Gasteiger partial charge in [-0.25, -0.2) is 9.50 Å². The van der Waals surface area contributed by atoms with Crippen LogP contribution < -0.4 is 5.32 Å². The largest absolute Gasteiger partial charge is 0.416 e. The molecule has 5 nitrogen and oxygen atoms in total. The van der Waals surface area contributed by atoms with E-state index in [2.05, 4.69) is 15.4 Å². The van der Waals surface area contributed by atoms with Gasteiger partial charge in [-0.05, 0) is 47.0 Å². The first-order valence-corrected chi connectivity index (χ1v) is 8.74. The summed E-state index contributed by atoms with van der Waals surface area (Å²) >= 11 is 0. The highest BCUT2D eigenvalue weighted by atomic mass is 19.4. The Kier molecular flexibility index (Phi) is 4.75. The molecule has 2 aromatic heterocycles. The van der Waals surface area contributed by atoms with Crippen LogP contribution in [-0.2, 0) is 17.4 Å². The molecule has 8 heteroatoms. The van der Waals surface area contributed by atoms with Crippen LogP contribution in [0.5, 0.6) is 0 Å². The van der Waals surface area contributed by atoms with Gasteiger partial charge in [0, 0.05) is 11.9 Å². The number of fused-ring (bicyclic) bond motifs is 1. The first-order chi connectivity index (χ1) is 13.9. The molecule has 4 aromatic rings. The molecule has 0 spiro atoms. The highest BCUT2D eigenvalue weighted by Gasteiger charge is 2.30. The fourth-order valence-corrected chi connectivity index (χ4v) is 2.97. The number of hydrogen-bond acceptors (Lipinski definition) is 3. The molecule has 0 fully saturated rings. The number of aromatic nitrogens is 3. The summed E-state index contributed by atoms with van der Waals surface area (Å²) in [5, 5.41) is 6.56. The van der Waals surface area contributed by atoms with E-state index in [9.17, 15) is 18.0 Å². The van der Waals surface area contributed by atoms with Crippen molar-refractivity contribution < 1.29 is 18.0 Å². The summed E-state index contributed by atoms with van der Waals surface area (Å²) in [5.41, 5.74) is 2.71. The van der Waals surface area contributed by atoms with E-state index >= 15 is 0 Å². The third-order valence-corrected chi connectivity index (χ3v) is 4.41.